The Hall–Kier alpha value is -5.04. The number of non-ortho nitro benzene ring substituents is 1. The first-order valence-electron chi connectivity index (χ1n) is 12.4. The van der Waals surface area contributed by atoms with E-state index in [1.165, 1.54) is 23.5 Å². The second kappa shape index (κ2) is 12.4. The van der Waals surface area contributed by atoms with Gasteiger partial charge in [-0.05, 0) is 36.8 Å². The molecule has 0 aliphatic rings. The number of benzene rings is 3. The summed E-state index contributed by atoms with van der Waals surface area (Å²) in [5.41, 5.74) is 10.6. The number of hydrazine groups is 1. The van der Waals surface area contributed by atoms with Gasteiger partial charge in [0.15, 0.2) is 0 Å². The third kappa shape index (κ3) is 6.41. The lowest BCUT2D eigenvalue weighted by Crippen LogP contribution is -2.37. The number of rotatable bonds is 8. The molecule has 0 saturated carbocycles. The first-order chi connectivity index (χ1) is 19.9. The van der Waals surface area contributed by atoms with Crippen LogP contribution in [0.4, 0.5) is 5.69 Å². The first-order valence-corrected chi connectivity index (χ1v) is 13.6. The maximum absolute atomic E-state index is 11.2. The van der Waals surface area contributed by atoms with Gasteiger partial charge < -0.3 is 0 Å². The SMILES string of the molecule is Cc1nc(-n2nc(-c3ccccc3)cc2-c2ccccc2)sc1C(/C=C/c1cccc([N+](=O)[O-])c1)=N\NC(=S)NN. The molecule has 0 unspecified atom stereocenters. The quantitative estimate of drug-likeness (QED) is 0.0706. The standard InChI is InChI=1S/C29H24N8O2S2/c1-19-27(24(33-34-28(40)32-30)16-15-20-9-8-14-23(17-20)37(38)39)41-29(31-19)36-26(22-12-6-3-7-13-22)18-25(35-36)21-10-4-2-5-11-21/h2-18H,30H2,1H3,(H2,32,34,40)/b16-15+,33-24-. The lowest BCUT2D eigenvalue weighted by Gasteiger charge is -2.04. The summed E-state index contributed by atoms with van der Waals surface area (Å²) >= 11 is 6.51. The van der Waals surface area contributed by atoms with Crippen LogP contribution in [0.3, 0.4) is 0 Å². The number of nitro groups is 1. The monoisotopic (exact) mass is 580 g/mol. The summed E-state index contributed by atoms with van der Waals surface area (Å²) < 4.78 is 1.83. The highest BCUT2D eigenvalue weighted by atomic mass is 32.1. The van der Waals surface area contributed by atoms with Gasteiger partial charge in [0, 0.05) is 23.3 Å². The van der Waals surface area contributed by atoms with Gasteiger partial charge in [0.25, 0.3) is 5.69 Å². The molecule has 0 fully saturated rings. The molecule has 0 saturated heterocycles. The number of nitrogens with two attached hydrogens (primary N) is 1. The Morgan fingerprint density at radius 2 is 1.76 bits per heavy atom. The Kier molecular flexibility index (Phi) is 8.34. The lowest BCUT2D eigenvalue weighted by atomic mass is 10.1. The Morgan fingerprint density at radius 3 is 2.44 bits per heavy atom. The van der Waals surface area contributed by atoms with E-state index in [-0.39, 0.29) is 10.8 Å². The van der Waals surface area contributed by atoms with Crippen LogP contribution in [-0.4, -0.2) is 30.5 Å². The van der Waals surface area contributed by atoms with E-state index >= 15 is 0 Å². The number of nitrogens with one attached hydrogen (secondary N) is 2. The summed E-state index contributed by atoms with van der Waals surface area (Å²) in [4.78, 5) is 16.4. The molecule has 0 radical (unpaired) electrons. The van der Waals surface area contributed by atoms with Gasteiger partial charge in [0.2, 0.25) is 10.2 Å². The number of hydrogen-bond acceptors (Lipinski definition) is 8. The maximum Gasteiger partial charge on any atom is 0.270 e. The van der Waals surface area contributed by atoms with Gasteiger partial charge in [-0.3, -0.25) is 21.0 Å². The second-order valence-corrected chi connectivity index (χ2v) is 10.1. The summed E-state index contributed by atoms with van der Waals surface area (Å²) in [6.45, 7) is 1.88. The smallest absolute Gasteiger partial charge is 0.270 e. The molecule has 0 spiro atoms. The number of thiazole rings is 1. The van der Waals surface area contributed by atoms with Crippen LogP contribution in [0.25, 0.3) is 33.7 Å². The van der Waals surface area contributed by atoms with E-state index in [0.717, 1.165) is 33.1 Å². The molecule has 5 rings (SSSR count). The number of hydrazone groups is 1. The number of aryl methyl sites for hydroxylation is 1. The average molecular weight is 581 g/mol. The largest absolute Gasteiger partial charge is 0.300 e. The number of hydrogen-bond donors (Lipinski definition) is 3. The molecule has 4 N–H and O–H groups in total. The van der Waals surface area contributed by atoms with Crippen molar-refractivity contribution in [3.8, 4) is 27.6 Å². The molecule has 2 heterocycles. The van der Waals surface area contributed by atoms with Crippen LogP contribution in [0.2, 0.25) is 0 Å². The minimum atomic E-state index is -0.434. The Balaban J connectivity index is 1.58. The maximum atomic E-state index is 11.2. The highest BCUT2D eigenvalue weighted by Crippen LogP contribution is 2.31. The second-order valence-electron chi connectivity index (χ2n) is 8.74. The zero-order chi connectivity index (χ0) is 28.8. The molecule has 0 atom stereocenters. The van der Waals surface area contributed by atoms with E-state index < -0.39 is 4.92 Å². The van der Waals surface area contributed by atoms with Gasteiger partial charge in [0.1, 0.15) is 5.71 Å². The molecule has 12 heteroatoms. The molecular weight excluding hydrogens is 557 g/mol. The van der Waals surface area contributed by atoms with Crippen molar-refractivity contribution in [3.05, 3.63) is 123 Å². The van der Waals surface area contributed by atoms with Gasteiger partial charge in [-0.25, -0.2) is 15.5 Å². The summed E-state index contributed by atoms with van der Waals surface area (Å²) in [6.07, 6.45) is 3.48. The Bertz CT molecular complexity index is 1760. The van der Waals surface area contributed by atoms with E-state index in [1.54, 1.807) is 24.3 Å². The third-order valence-corrected chi connectivity index (χ3v) is 7.34. The van der Waals surface area contributed by atoms with Gasteiger partial charge in [-0.1, -0.05) is 90.2 Å². The highest BCUT2D eigenvalue weighted by molar-refractivity contribution is 7.80. The van der Waals surface area contributed by atoms with E-state index in [2.05, 4.69) is 16.0 Å². The predicted octanol–water partition coefficient (Wildman–Crippen LogP) is 5.63. The highest BCUT2D eigenvalue weighted by Gasteiger charge is 2.19. The number of allylic oxidation sites excluding steroid dienone is 1. The van der Waals surface area contributed by atoms with Crippen molar-refractivity contribution in [2.45, 2.75) is 6.92 Å². The normalized spacial score (nSPS) is 11.5. The molecule has 0 bridgehead atoms. The van der Waals surface area contributed by atoms with Crippen LogP contribution in [0.5, 0.6) is 0 Å². The molecule has 0 aliphatic carbocycles. The van der Waals surface area contributed by atoms with Crippen molar-refractivity contribution in [1.82, 2.24) is 25.6 Å². The van der Waals surface area contributed by atoms with Crippen LogP contribution < -0.4 is 16.7 Å². The minimum absolute atomic E-state index is 0.00475. The fourth-order valence-electron chi connectivity index (χ4n) is 4.03. The van der Waals surface area contributed by atoms with Gasteiger partial charge in [-0.15, -0.1) is 0 Å². The Morgan fingerprint density at radius 1 is 1.05 bits per heavy atom. The number of thiocarbonyl (C=S) groups is 1. The predicted molar refractivity (Wildman–Crippen MR) is 167 cm³/mol. The third-order valence-electron chi connectivity index (χ3n) is 5.97. The van der Waals surface area contributed by atoms with Gasteiger partial charge in [-0.2, -0.15) is 10.2 Å². The summed E-state index contributed by atoms with van der Waals surface area (Å²) in [7, 11) is 0. The molecule has 0 amide bonds. The molecule has 41 heavy (non-hydrogen) atoms. The average Bonchev–Trinajstić information content (AvgIpc) is 3.62. The van der Waals surface area contributed by atoms with Crippen LogP contribution in [-0.2, 0) is 0 Å². The molecule has 0 aliphatic heterocycles. The van der Waals surface area contributed by atoms with E-state index in [1.807, 2.05) is 78.3 Å². The van der Waals surface area contributed by atoms with Crippen molar-refractivity contribution in [3.63, 3.8) is 0 Å². The molecule has 204 valence electrons. The van der Waals surface area contributed by atoms with E-state index in [9.17, 15) is 10.1 Å². The van der Waals surface area contributed by atoms with Crippen molar-refractivity contribution in [2.24, 2.45) is 10.9 Å². The Labute approximate surface area is 245 Å². The van der Waals surface area contributed by atoms with Gasteiger partial charge >= 0.3 is 0 Å². The van der Waals surface area contributed by atoms with Crippen molar-refractivity contribution in [1.29, 1.82) is 0 Å². The summed E-state index contributed by atoms with van der Waals surface area (Å²) in [6, 6.07) is 28.3. The molecule has 5 aromatic rings. The molecule has 3 aromatic carbocycles. The van der Waals surface area contributed by atoms with Crippen molar-refractivity contribution < 1.29 is 4.92 Å². The topological polar surface area (TPSA) is 136 Å². The van der Waals surface area contributed by atoms with E-state index in [4.69, 9.17) is 28.1 Å². The lowest BCUT2D eigenvalue weighted by molar-refractivity contribution is -0.384. The van der Waals surface area contributed by atoms with E-state index in [0.29, 0.717) is 16.4 Å². The van der Waals surface area contributed by atoms with Gasteiger partial charge in [0.05, 0.1) is 26.9 Å². The molecule has 2 aromatic heterocycles. The summed E-state index contributed by atoms with van der Waals surface area (Å²) in [5, 5.41) is 21.4. The summed E-state index contributed by atoms with van der Waals surface area (Å²) in [5.74, 6) is 5.41. The van der Waals surface area contributed by atoms with Crippen molar-refractivity contribution in [2.75, 3.05) is 0 Å². The number of nitrogens with zero attached hydrogens (tertiary/aromatic N) is 5. The number of nitro benzene ring substituents is 1. The molecular formula is C29H24N8O2S2. The fraction of sp³-hybridized carbons (Fsp3) is 0.0345. The van der Waals surface area contributed by atoms with Crippen LogP contribution in [0.15, 0.2) is 102 Å². The minimum Gasteiger partial charge on any atom is -0.300 e. The van der Waals surface area contributed by atoms with Crippen LogP contribution >= 0.6 is 23.6 Å². The van der Waals surface area contributed by atoms with Crippen molar-refractivity contribution >= 4 is 46.1 Å². The molecule has 10 nitrogen and oxygen atoms in total. The zero-order valence-electron chi connectivity index (χ0n) is 21.8. The zero-order valence-corrected chi connectivity index (χ0v) is 23.4. The van der Waals surface area contributed by atoms with Crippen LogP contribution in [0, 0.1) is 17.0 Å². The van der Waals surface area contributed by atoms with Crippen LogP contribution in [0.1, 0.15) is 16.1 Å². The first kappa shape index (κ1) is 27.5. The fourth-order valence-corrected chi connectivity index (χ4v) is 5.07. The number of aromatic nitrogens is 3.